The molecule has 2 heterocycles. The average Bonchev–Trinajstić information content (AvgIpc) is 3.04. The number of aromatic nitrogens is 3. The molecule has 2 rings (SSSR count). The SMILES string of the molecule is CCC(CO)(CO)NC(=O)c1nc(-c2ccncc2)no1. The van der Waals surface area contributed by atoms with Crippen molar-refractivity contribution in [2.75, 3.05) is 13.2 Å². The minimum Gasteiger partial charge on any atom is -0.394 e. The molecule has 2 aromatic heterocycles. The van der Waals surface area contributed by atoms with Crippen LogP contribution in [0.4, 0.5) is 0 Å². The van der Waals surface area contributed by atoms with Gasteiger partial charge in [-0.3, -0.25) is 9.78 Å². The Hall–Kier alpha value is -2.32. The number of pyridine rings is 1. The Balaban J connectivity index is 2.16. The first-order valence-electron chi connectivity index (χ1n) is 6.42. The summed E-state index contributed by atoms with van der Waals surface area (Å²) >= 11 is 0. The molecule has 1 amide bonds. The van der Waals surface area contributed by atoms with Crippen molar-refractivity contribution in [1.82, 2.24) is 20.4 Å². The van der Waals surface area contributed by atoms with E-state index in [4.69, 9.17) is 4.52 Å². The van der Waals surface area contributed by atoms with Crippen LogP contribution in [-0.4, -0.2) is 50.0 Å². The van der Waals surface area contributed by atoms with Gasteiger partial charge in [0.1, 0.15) is 0 Å². The van der Waals surface area contributed by atoms with E-state index in [9.17, 15) is 15.0 Å². The number of nitrogens with one attached hydrogen (secondary N) is 1. The fraction of sp³-hybridized carbons (Fsp3) is 0.385. The van der Waals surface area contributed by atoms with Crippen LogP contribution in [0.3, 0.4) is 0 Å². The van der Waals surface area contributed by atoms with Gasteiger partial charge in [-0.05, 0) is 18.6 Å². The molecule has 0 saturated carbocycles. The predicted molar refractivity (Wildman–Crippen MR) is 72.2 cm³/mol. The van der Waals surface area contributed by atoms with Gasteiger partial charge in [0.25, 0.3) is 0 Å². The number of rotatable bonds is 6. The van der Waals surface area contributed by atoms with Crippen molar-refractivity contribution >= 4 is 5.91 Å². The quantitative estimate of drug-likeness (QED) is 0.684. The van der Waals surface area contributed by atoms with E-state index in [2.05, 4.69) is 20.4 Å². The fourth-order valence-electron chi connectivity index (χ4n) is 1.67. The lowest BCUT2D eigenvalue weighted by Crippen LogP contribution is -2.53. The minimum atomic E-state index is -1.11. The van der Waals surface area contributed by atoms with Gasteiger partial charge in [0.05, 0.1) is 18.8 Å². The smallest absolute Gasteiger partial charge is 0.316 e. The minimum absolute atomic E-state index is 0.235. The molecule has 2 aromatic rings. The molecule has 0 spiro atoms. The van der Waals surface area contributed by atoms with Crippen LogP contribution in [0.5, 0.6) is 0 Å². The number of amides is 1. The van der Waals surface area contributed by atoms with E-state index in [-0.39, 0.29) is 11.7 Å². The lowest BCUT2D eigenvalue weighted by Gasteiger charge is -2.28. The number of hydrogen-bond acceptors (Lipinski definition) is 7. The molecule has 0 radical (unpaired) electrons. The summed E-state index contributed by atoms with van der Waals surface area (Å²) in [6.07, 6.45) is 3.51. The number of aliphatic hydroxyl groups excluding tert-OH is 2. The molecule has 0 saturated heterocycles. The molecule has 112 valence electrons. The highest BCUT2D eigenvalue weighted by molar-refractivity contribution is 5.90. The highest BCUT2D eigenvalue weighted by Crippen LogP contribution is 2.15. The van der Waals surface area contributed by atoms with Gasteiger partial charge in [0.15, 0.2) is 0 Å². The van der Waals surface area contributed by atoms with E-state index >= 15 is 0 Å². The first-order chi connectivity index (χ1) is 10.1. The van der Waals surface area contributed by atoms with E-state index in [1.165, 1.54) is 0 Å². The van der Waals surface area contributed by atoms with E-state index in [0.717, 1.165) is 0 Å². The van der Waals surface area contributed by atoms with Crippen molar-refractivity contribution in [3.63, 3.8) is 0 Å². The van der Waals surface area contributed by atoms with Gasteiger partial charge in [0.2, 0.25) is 5.82 Å². The first kappa shape index (κ1) is 15.1. The molecule has 8 heteroatoms. The summed E-state index contributed by atoms with van der Waals surface area (Å²) in [6.45, 7) is 0.955. The Bertz CT molecular complexity index is 587. The summed E-state index contributed by atoms with van der Waals surface area (Å²) < 4.78 is 4.90. The summed E-state index contributed by atoms with van der Waals surface area (Å²) in [5.41, 5.74) is -0.443. The van der Waals surface area contributed by atoms with Gasteiger partial charge >= 0.3 is 11.8 Å². The topological polar surface area (TPSA) is 121 Å². The van der Waals surface area contributed by atoms with Crippen LogP contribution >= 0.6 is 0 Å². The van der Waals surface area contributed by atoms with Crippen LogP contribution in [0.15, 0.2) is 29.0 Å². The van der Waals surface area contributed by atoms with Crippen molar-refractivity contribution in [3.05, 3.63) is 30.4 Å². The molecular formula is C13H16N4O4. The van der Waals surface area contributed by atoms with Crippen molar-refractivity contribution in [2.24, 2.45) is 0 Å². The highest BCUT2D eigenvalue weighted by atomic mass is 16.5. The maximum atomic E-state index is 12.0. The Morgan fingerprint density at radius 2 is 2.00 bits per heavy atom. The summed E-state index contributed by atoms with van der Waals surface area (Å²) in [5, 5.41) is 24.8. The molecule has 0 unspecified atom stereocenters. The Labute approximate surface area is 120 Å². The summed E-state index contributed by atoms with van der Waals surface area (Å²) in [7, 11) is 0. The van der Waals surface area contributed by atoms with Crippen LogP contribution in [-0.2, 0) is 0 Å². The lowest BCUT2D eigenvalue weighted by atomic mass is 9.98. The predicted octanol–water partition coefficient (Wildman–Crippen LogP) is -0.00520. The second-order valence-electron chi connectivity index (χ2n) is 4.56. The third-order valence-corrected chi connectivity index (χ3v) is 3.22. The van der Waals surface area contributed by atoms with Crippen LogP contribution in [0.25, 0.3) is 11.4 Å². The van der Waals surface area contributed by atoms with Gasteiger partial charge in [-0.1, -0.05) is 12.1 Å². The van der Waals surface area contributed by atoms with Crippen molar-refractivity contribution in [1.29, 1.82) is 0 Å². The van der Waals surface area contributed by atoms with Gasteiger partial charge in [-0.25, -0.2) is 0 Å². The molecule has 0 aliphatic carbocycles. The zero-order valence-corrected chi connectivity index (χ0v) is 11.5. The molecule has 0 fully saturated rings. The summed E-state index contributed by atoms with van der Waals surface area (Å²) in [6, 6.07) is 3.37. The summed E-state index contributed by atoms with van der Waals surface area (Å²) in [5.74, 6) is -0.619. The monoisotopic (exact) mass is 292 g/mol. The molecule has 0 aromatic carbocycles. The van der Waals surface area contributed by atoms with E-state index in [1.54, 1.807) is 31.5 Å². The average molecular weight is 292 g/mol. The number of nitrogens with zero attached hydrogens (tertiary/aromatic N) is 3. The van der Waals surface area contributed by atoms with Crippen LogP contribution < -0.4 is 5.32 Å². The van der Waals surface area contributed by atoms with E-state index < -0.39 is 24.7 Å². The molecule has 0 aliphatic rings. The number of carbonyl (C=O) groups excluding carboxylic acids is 1. The molecule has 0 bridgehead atoms. The van der Waals surface area contributed by atoms with Gasteiger partial charge in [-0.15, -0.1) is 0 Å². The molecule has 0 aliphatic heterocycles. The number of hydrogen-bond donors (Lipinski definition) is 3. The standard InChI is InChI=1S/C13H16N4O4/c1-2-13(7-18,8-19)16-11(20)12-15-10(17-21-12)9-3-5-14-6-4-9/h3-6,18-19H,2,7-8H2,1H3,(H,16,20). The van der Waals surface area contributed by atoms with E-state index in [0.29, 0.717) is 12.0 Å². The van der Waals surface area contributed by atoms with Crippen molar-refractivity contribution in [2.45, 2.75) is 18.9 Å². The van der Waals surface area contributed by atoms with E-state index in [1.807, 2.05) is 0 Å². The maximum Gasteiger partial charge on any atom is 0.316 e. The third kappa shape index (κ3) is 3.23. The zero-order chi connectivity index (χ0) is 15.3. The third-order valence-electron chi connectivity index (χ3n) is 3.22. The molecular weight excluding hydrogens is 276 g/mol. The van der Waals surface area contributed by atoms with Crippen molar-refractivity contribution in [3.8, 4) is 11.4 Å². The number of carbonyl (C=O) groups is 1. The molecule has 8 nitrogen and oxygen atoms in total. The fourth-order valence-corrected chi connectivity index (χ4v) is 1.67. The van der Waals surface area contributed by atoms with Crippen LogP contribution in [0, 0.1) is 0 Å². The molecule has 3 N–H and O–H groups in total. The van der Waals surface area contributed by atoms with Crippen molar-refractivity contribution < 1.29 is 19.5 Å². The molecule has 21 heavy (non-hydrogen) atoms. The normalized spacial score (nSPS) is 11.4. The Kier molecular flexibility index (Phi) is 4.61. The second-order valence-corrected chi connectivity index (χ2v) is 4.56. The highest BCUT2D eigenvalue weighted by Gasteiger charge is 2.31. The van der Waals surface area contributed by atoms with Crippen LogP contribution in [0.2, 0.25) is 0 Å². The molecule has 0 atom stereocenters. The first-order valence-corrected chi connectivity index (χ1v) is 6.42. The Morgan fingerprint density at radius 1 is 1.33 bits per heavy atom. The lowest BCUT2D eigenvalue weighted by molar-refractivity contribution is 0.0620. The van der Waals surface area contributed by atoms with Gasteiger partial charge < -0.3 is 20.1 Å². The Morgan fingerprint density at radius 3 is 2.57 bits per heavy atom. The van der Waals surface area contributed by atoms with Gasteiger partial charge in [-0.2, -0.15) is 4.98 Å². The maximum absolute atomic E-state index is 12.0. The summed E-state index contributed by atoms with van der Waals surface area (Å²) in [4.78, 5) is 19.9. The largest absolute Gasteiger partial charge is 0.394 e. The number of aliphatic hydroxyl groups is 2. The zero-order valence-electron chi connectivity index (χ0n) is 11.5. The second kappa shape index (κ2) is 6.42. The van der Waals surface area contributed by atoms with Gasteiger partial charge in [0, 0.05) is 18.0 Å². The van der Waals surface area contributed by atoms with Crippen LogP contribution in [0.1, 0.15) is 24.0 Å².